The van der Waals surface area contributed by atoms with E-state index in [4.69, 9.17) is 0 Å². The van der Waals surface area contributed by atoms with Crippen molar-refractivity contribution in [2.75, 3.05) is 5.32 Å². The van der Waals surface area contributed by atoms with Gasteiger partial charge in [-0.2, -0.15) is 5.10 Å². The molecule has 21 heavy (non-hydrogen) atoms. The van der Waals surface area contributed by atoms with E-state index in [0.29, 0.717) is 17.4 Å². The molecule has 0 amide bonds. The zero-order chi connectivity index (χ0) is 14.9. The van der Waals surface area contributed by atoms with E-state index in [2.05, 4.69) is 55.5 Å². The monoisotopic (exact) mass is 283 g/mol. The Morgan fingerprint density at radius 2 is 2.14 bits per heavy atom. The SMILES string of the molecule is CC1CC(C)(C)CCC1Nc1cccc(-n2cccn2)c1. The van der Waals surface area contributed by atoms with Gasteiger partial charge in [-0.05, 0) is 54.9 Å². The molecule has 2 atom stereocenters. The lowest BCUT2D eigenvalue weighted by molar-refractivity contribution is 0.177. The summed E-state index contributed by atoms with van der Waals surface area (Å²) in [7, 11) is 0. The molecule has 0 aliphatic heterocycles. The predicted molar refractivity (Wildman–Crippen MR) is 87.8 cm³/mol. The van der Waals surface area contributed by atoms with Crippen LogP contribution >= 0.6 is 0 Å². The third kappa shape index (κ3) is 3.29. The summed E-state index contributed by atoms with van der Waals surface area (Å²) in [6.07, 6.45) is 7.63. The molecule has 112 valence electrons. The molecule has 3 nitrogen and oxygen atoms in total. The van der Waals surface area contributed by atoms with Crippen molar-refractivity contribution in [3.05, 3.63) is 42.7 Å². The number of anilines is 1. The minimum atomic E-state index is 0.495. The lowest BCUT2D eigenvalue weighted by atomic mass is 9.70. The summed E-state index contributed by atoms with van der Waals surface area (Å²) >= 11 is 0. The lowest BCUT2D eigenvalue weighted by Gasteiger charge is -2.40. The second kappa shape index (κ2) is 5.55. The van der Waals surface area contributed by atoms with Crippen LogP contribution in [0.3, 0.4) is 0 Å². The second-order valence-corrected chi connectivity index (χ2v) is 7.14. The fourth-order valence-electron chi connectivity index (χ4n) is 3.53. The van der Waals surface area contributed by atoms with E-state index in [0.717, 1.165) is 5.69 Å². The fourth-order valence-corrected chi connectivity index (χ4v) is 3.53. The maximum atomic E-state index is 4.30. The highest BCUT2D eigenvalue weighted by Gasteiger charge is 2.32. The molecule has 2 aromatic rings. The predicted octanol–water partition coefficient (Wildman–Crippen LogP) is 4.50. The zero-order valence-electron chi connectivity index (χ0n) is 13.2. The van der Waals surface area contributed by atoms with Gasteiger partial charge in [0.05, 0.1) is 5.69 Å². The molecular formula is C18H25N3. The maximum absolute atomic E-state index is 4.30. The third-order valence-corrected chi connectivity index (χ3v) is 4.66. The molecule has 1 aromatic heterocycles. The summed E-state index contributed by atoms with van der Waals surface area (Å²) < 4.78 is 1.90. The summed E-state index contributed by atoms with van der Waals surface area (Å²) in [4.78, 5) is 0. The summed E-state index contributed by atoms with van der Waals surface area (Å²) in [5.41, 5.74) is 2.79. The van der Waals surface area contributed by atoms with Gasteiger partial charge in [0, 0.05) is 24.1 Å². The number of rotatable bonds is 3. The number of benzene rings is 1. The van der Waals surface area contributed by atoms with Gasteiger partial charge in [-0.15, -0.1) is 0 Å². The van der Waals surface area contributed by atoms with Gasteiger partial charge in [0.1, 0.15) is 0 Å². The van der Waals surface area contributed by atoms with Gasteiger partial charge in [-0.25, -0.2) is 4.68 Å². The molecule has 0 radical (unpaired) electrons. The minimum absolute atomic E-state index is 0.495. The van der Waals surface area contributed by atoms with E-state index in [1.54, 1.807) is 0 Å². The van der Waals surface area contributed by atoms with Gasteiger partial charge in [0.2, 0.25) is 0 Å². The Balaban J connectivity index is 1.72. The molecule has 3 rings (SSSR count). The second-order valence-electron chi connectivity index (χ2n) is 7.14. The van der Waals surface area contributed by atoms with Gasteiger partial charge in [-0.3, -0.25) is 0 Å². The van der Waals surface area contributed by atoms with E-state index < -0.39 is 0 Å². The number of hydrogen-bond donors (Lipinski definition) is 1. The van der Waals surface area contributed by atoms with Crippen LogP contribution in [0.5, 0.6) is 0 Å². The van der Waals surface area contributed by atoms with Crippen molar-refractivity contribution in [1.29, 1.82) is 0 Å². The van der Waals surface area contributed by atoms with Crippen LogP contribution in [-0.2, 0) is 0 Å². The first kappa shape index (κ1) is 14.2. The Labute approximate surface area is 127 Å². The molecule has 1 saturated carbocycles. The zero-order valence-corrected chi connectivity index (χ0v) is 13.2. The van der Waals surface area contributed by atoms with Crippen LogP contribution in [0.1, 0.15) is 40.0 Å². The lowest BCUT2D eigenvalue weighted by Crippen LogP contribution is -2.36. The first-order chi connectivity index (χ1) is 10.0. The fraction of sp³-hybridized carbons (Fsp3) is 0.500. The molecular weight excluding hydrogens is 258 g/mol. The van der Waals surface area contributed by atoms with Crippen LogP contribution in [-0.4, -0.2) is 15.8 Å². The first-order valence-corrected chi connectivity index (χ1v) is 7.90. The molecule has 3 heteroatoms. The first-order valence-electron chi connectivity index (χ1n) is 7.90. The summed E-state index contributed by atoms with van der Waals surface area (Å²) in [5.74, 6) is 0.710. The van der Waals surface area contributed by atoms with Crippen LogP contribution < -0.4 is 5.32 Å². The van der Waals surface area contributed by atoms with Gasteiger partial charge in [-0.1, -0.05) is 26.8 Å². The van der Waals surface area contributed by atoms with Crippen LogP contribution in [0.25, 0.3) is 5.69 Å². The van der Waals surface area contributed by atoms with Crippen molar-refractivity contribution in [2.24, 2.45) is 11.3 Å². The molecule has 1 aromatic carbocycles. The topological polar surface area (TPSA) is 29.9 Å². The van der Waals surface area contributed by atoms with Crippen LogP contribution in [0.15, 0.2) is 42.7 Å². The van der Waals surface area contributed by atoms with Gasteiger partial charge >= 0.3 is 0 Å². The number of aromatic nitrogens is 2. The van der Waals surface area contributed by atoms with Crippen molar-refractivity contribution in [3.8, 4) is 5.69 Å². The molecule has 1 fully saturated rings. The smallest absolute Gasteiger partial charge is 0.0666 e. The highest BCUT2D eigenvalue weighted by Crippen LogP contribution is 2.39. The molecule has 0 saturated heterocycles. The Morgan fingerprint density at radius 3 is 2.86 bits per heavy atom. The summed E-state index contributed by atoms with van der Waals surface area (Å²) in [6, 6.07) is 11.0. The quantitative estimate of drug-likeness (QED) is 0.899. The van der Waals surface area contributed by atoms with Crippen molar-refractivity contribution < 1.29 is 0 Å². The standard InChI is InChI=1S/C18H25N3/c1-14-13-18(2,3)9-8-17(14)20-15-6-4-7-16(12-15)21-11-5-10-19-21/h4-7,10-12,14,17,20H,8-9,13H2,1-3H3. The molecule has 1 N–H and O–H groups in total. The van der Waals surface area contributed by atoms with E-state index in [-0.39, 0.29) is 0 Å². The number of nitrogens with one attached hydrogen (secondary N) is 1. The van der Waals surface area contributed by atoms with E-state index >= 15 is 0 Å². The van der Waals surface area contributed by atoms with Crippen molar-refractivity contribution in [3.63, 3.8) is 0 Å². The average molecular weight is 283 g/mol. The Hall–Kier alpha value is -1.77. The van der Waals surface area contributed by atoms with Crippen molar-refractivity contribution >= 4 is 5.69 Å². The van der Waals surface area contributed by atoms with E-state index in [9.17, 15) is 0 Å². The normalized spacial score (nSPS) is 24.7. The van der Waals surface area contributed by atoms with Crippen LogP contribution in [0.2, 0.25) is 0 Å². The molecule has 1 aliphatic rings. The summed E-state index contributed by atoms with van der Waals surface area (Å²) in [5, 5.41) is 8.03. The van der Waals surface area contributed by atoms with Gasteiger partial charge in [0.25, 0.3) is 0 Å². The molecule has 2 unspecified atom stereocenters. The van der Waals surface area contributed by atoms with E-state index in [1.165, 1.54) is 24.9 Å². The van der Waals surface area contributed by atoms with Gasteiger partial charge in [0.15, 0.2) is 0 Å². The molecule has 1 heterocycles. The Kier molecular flexibility index (Phi) is 3.75. The maximum Gasteiger partial charge on any atom is 0.0666 e. The van der Waals surface area contributed by atoms with Crippen molar-refractivity contribution in [2.45, 2.75) is 46.1 Å². The van der Waals surface area contributed by atoms with Crippen LogP contribution in [0.4, 0.5) is 5.69 Å². The number of hydrogen-bond acceptors (Lipinski definition) is 2. The highest BCUT2D eigenvalue weighted by atomic mass is 15.3. The minimum Gasteiger partial charge on any atom is -0.382 e. The Bertz CT molecular complexity index is 586. The number of nitrogens with zero attached hydrogens (tertiary/aromatic N) is 2. The van der Waals surface area contributed by atoms with Gasteiger partial charge < -0.3 is 5.32 Å². The molecule has 1 aliphatic carbocycles. The largest absolute Gasteiger partial charge is 0.382 e. The van der Waals surface area contributed by atoms with Crippen molar-refractivity contribution in [1.82, 2.24) is 9.78 Å². The average Bonchev–Trinajstić information content (AvgIpc) is 2.96. The highest BCUT2D eigenvalue weighted by molar-refractivity contribution is 5.51. The molecule has 0 spiro atoms. The van der Waals surface area contributed by atoms with E-state index in [1.807, 2.05) is 23.1 Å². The Morgan fingerprint density at radius 1 is 1.29 bits per heavy atom. The summed E-state index contributed by atoms with van der Waals surface area (Å²) in [6.45, 7) is 7.14. The third-order valence-electron chi connectivity index (χ3n) is 4.66. The molecule has 0 bridgehead atoms. The van der Waals surface area contributed by atoms with Crippen LogP contribution in [0, 0.1) is 11.3 Å².